The summed E-state index contributed by atoms with van der Waals surface area (Å²) in [5.41, 5.74) is 0.699. The number of aliphatic hydroxyl groups is 1. The molecule has 10 heavy (non-hydrogen) atoms. The number of nitrogens with zero attached hydrogens (tertiary/aromatic N) is 2. The highest BCUT2D eigenvalue weighted by molar-refractivity contribution is 4.93. The van der Waals surface area contributed by atoms with Crippen LogP contribution in [0.3, 0.4) is 0 Å². The highest BCUT2D eigenvalue weighted by Gasteiger charge is 2.04. The Hall–Kier alpha value is -0.960. The topological polar surface area (TPSA) is 37.0 Å². The first-order chi connectivity index (χ1) is 4.70. The Bertz CT molecular complexity index is 223. The molecule has 1 aromatic rings. The van der Waals surface area contributed by atoms with Gasteiger partial charge in [-0.05, 0) is 6.92 Å². The van der Waals surface area contributed by atoms with Crippen LogP contribution in [0.1, 0.15) is 18.7 Å². The van der Waals surface area contributed by atoms with Gasteiger partial charge in [-0.3, -0.25) is 0 Å². The average Bonchev–Trinajstić information content (AvgIpc) is 1.88. The van der Waals surface area contributed by atoms with Crippen molar-refractivity contribution >= 4 is 0 Å². The zero-order valence-electron chi connectivity index (χ0n) is 6.15. The summed E-state index contributed by atoms with van der Waals surface area (Å²) in [5, 5.41) is 9.07. The van der Waals surface area contributed by atoms with E-state index >= 15 is 0 Å². The lowest BCUT2D eigenvalue weighted by Gasteiger charge is -1.98. The number of rotatable bonds is 1. The monoisotopic (exact) mass is 139 g/mol. The molecule has 0 aromatic carbocycles. The number of aliphatic hydroxyl groups excluding tert-OH is 1. The maximum Gasteiger partial charge on any atom is 0.192 e. The number of aryl methyl sites for hydroxylation is 1. The average molecular weight is 139 g/mol. The Morgan fingerprint density at radius 2 is 2.40 bits per heavy atom. The van der Waals surface area contributed by atoms with Crippen molar-refractivity contribution in [2.45, 2.75) is 13.0 Å². The molecule has 0 aliphatic heterocycles. The van der Waals surface area contributed by atoms with Gasteiger partial charge in [0.25, 0.3) is 0 Å². The molecule has 1 N–H and O–H groups in total. The van der Waals surface area contributed by atoms with E-state index in [0.29, 0.717) is 5.69 Å². The molecular weight excluding hydrogens is 128 g/mol. The predicted octanol–water partition coefficient (Wildman–Crippen LogP) is -0.0406. The van der Waals surface area contributed by atoms with E-state index in [9.17, 15) is 0 Å². The fourth-order valence-corrected chi connectivity index (χ4v) is 0.725. The Morgan fingerprint density at radius 3 is 2.80 bits per heavy atom. The minimum atomic E-state index is -0.479. The van der Waals surface area contributed by atoms with Crippen LogP contribution in [0.15, 0.2) is 18.6 Å². The minimum absolute atomic E-state index is 0.479. The minimum Gasteiger partial charge on any atom is -0.387 e. The summed E-state index contributed by atoms with van der Waals surface area (Å²) >= 11 is 0. The molecule has 0 aliphatic carbocycles. The molecule has 1 aromatic heterocycles. The van der Waals surface area contributed by atoms with E-state index in [1.165, 1.54) is 0 Å². The molecule has 1 heterocycles. The van der Waals surface area contributed by atoms with E-state index in [1.54, 1.807) is 19.3 Å². The summed E-state index contributed by atoms with van der Waals surface area (Å²) in [4.78, 5) is 3.97. The van der Waals surface area contributed by atoms with Crippen LogP contribution in [0.2, 0.25) is 0 Å². The molecule has 3 nitrogen and oxygen atoms in total. The van der Waals surface area contributed by atoms with Crippen LogP contribution in [0.25, 0.3) is 0 Å². The molecule has 0 amide bonds. The van der Waals surface area contributed by atoms with Crippen molar-refractivity contribution in [3.63, 3.8) is 0 Å². The first-order valence-corrected chi connectivity index (χ1v) is 3.19. The highest BCUT2D eigenvalue weighted by Crippen LogP contribution is 2.02. The van der Waals surface area contributed by atoms with Gasteiger partial charge >= 0.3 is 0 Å². The van der Waals surface area contributed by atoms with Crippen LogP contribution in [-0.4, -0.2) is 10.1 Å². The molecule has 0 spiro atoms. The zero-order chi connectivity index (χ0) is 7.56. The summed E-state index contributed by atoms with van der Waals surface area (Å²) in [6.07, 6.45) is 4.81. The molecule has 0 fully saturated rings. The molecule has 1 atom stereocenters. The van der Waals surface area contributed by atoms with E-state index in [1.807, 2.05) is 17.8 Å². The van der Waals surface area contributed by atoms with E-state index in [2.05, 4.69) is 4.98 Å². The SMILES string of the molecule is CC(O)c1c[n+](C)ccn1. The van der Waals surface area contributed by atoms with Crippen LogP contribution < -0.4 is 4.57 Å². The van der Waals surface area contributed by atoms with E-state index in [-0.39, 0.29) is 0 Å². The first kappa shape index (κ1) is 7.15. The summed E-state index contributed by atoms with van der Waals surface area (Å²) in [6, 6.07) is 0. The van der Waals surface area contributed by atoms with Gasteiger partial charge in [0.1, 0.15) is 12.7 Å². The van der Waals surface area contributed by atoms with Crippen molar-refractivity contribution in [2.24, 2.45) is 7.05 Å². The van der Waals surface area contributed by atoms with Gasteiger partial charge in [0.2, 0.25) is 0 Å². The molecule has 1 unspecified atom stereocenters. The number of hydrogen-bond acceptors (Lipinski definition) is 2. The Morgan fingerprint density at radius 1 is 1.70 bits per heavy atom. The summed E-state index contributed by atoms with van der Waals surface area (Å²) in [5.74, 6) is 0. The van der Waals surface area contributed by atoms with Gasteiger partial charge in [0, 0.05) is 0 Å². The quantitative estimate of drug-likeness (QED) is 0.554. The van der Waals surface area contributed by atoms with Crippen molar-refractivity contribution in [1.29, 1.82) is 0 Å². The van der Waals surface area contributed by atoms with Gasteiger partial charge < -0.3 is 5.11 Å². The molecule has 54 valence electrons. The third-order valence-electron chi connectivity index (χ3n) is 1.29. The molecule has 0 aliphatic rings. The van der Waals surface area contributed by atoms with E-state index in [0.717, 1.165) is 0 Å². The highest BCUT2D eigenvalue weighted by atomic mass is 16.3. The third kappa shape index (κ3) is 1.51. The Balaban J connectivity index is 2.96. The van der Waals surface area contributed by atoms with Crippen LogP contribution in [0.5, 0.6) is 0 Å². The van der Waals surface area contributed by atoms with Crippen molar-refractivity contribution in [3.05, 3.63) is 24.3 Å². The molecule has 3 heteroatoms. The summed E-state index contributed by atoms with van der Waals surface area (Å²) in [7, 11) is 1.90. The number of hydrogen-bond donors (Lipinski definition) is 1. The lowest BCUT2D eigenvalue weighted by molar-refractivity contribution is -0.672. The van der Waals surface area contributed by atoms with Crippen molar-refractivity contribution in [1.82, 2.24) is 4.98 Å². The van der Waals surface area contributed by atoms with E-state index in [4.69, 9.17) is 5.11 Å². The predicted molar refractivity (Wildman–Crippen MR) is 36.0 cm³/mol. The second-order valence-electron chi connectivity index (χ2n) is 2.32. The smallest absolute Gasteiger partial charge is 0.192 e. The third-order valence-corrected chi connectivity index (χ3v) is 1.29. The summed E-state index contributed by atoms with van der Waals surface area (Å²) in [6.45, 7) is 1.70. The van der Waals surface area contributed by atoms with Crippen LogP contribution in [-0.2, 0) is 7.05 Å². The fourth-order valence-electron chi connectivity index (χ4n) is 0.725. The molecular formula is C7H11N2O+. The van der Waals surface area contributed by atoms with Crippen molar-refractivity contribution in [3.8, 4) is 0 Å². The Kier molecular flexibility index (Phi) is 1.97. The van der Waals surface area contributed by atoms with Gasteiger partial charge in [-0.1, -0.05) is 0 Å². The summed E-state index contributed by atoms with van der Waals surface area (Å²) < 4.78 is 1.86. The van der Waals surface area contributed by atoms with Crippen LogP contribution >= 0.6 is 0 Å². The number of aromatic nitrogens is 2. The molecule has 0 saturated heterocycles. The van der Waals surface area contributed by atoms with Gasteiger partial charge in [-0.25, -0.2) is 9.55 Å². The van der Waals surface area contributed by atoms with Crippen LogP contribution in [0.4, 0.5) is 0 Å². The normalized spacial score (nSPS) is 13.1. The molecule has 0 bridgehead atoms. The maximum atomic E-state index is 9.07. The largest absolute Gasteiger partial charge is 0.387 e. The van der Waals surface area contributed by atoms with Crippen molar-refractivity contribution in [2.75, 3.05) is 0 Å². The zero-order valence-corrected chi connectivity index (χ0v) is 6.15. The molecule has 0 radical (unpaired) electrons. The van der Waals surface area contributed by atoms with Gasteiger partial charge in [0.15, 0.2) is 12.4 Å². The molecule has 0 saturated carbocycles. The maximum absolute atomic E-state index is 9.07. The lowest BCUT2D eigenvalue weighted by Crippen LogP contribution is -2.28. The van der Waals surface area contributed by atoms with E-state index < -0.39 is 6.10 Å². The Labute approximate surface area is 60.0 Å². The fraction of sp³-hybridized carbons (Fsp3) is 0.429. The van der Waals surface area contributed by atoms with Crippen molar-refractivity contribution < 1.29 is 9.67 Å². The standard InChI is InChI=1S/C7H11N2O/c1-6(10)7-5-9(2)4-3-8-7/h3-6,10H,1-2H3/q+1. The van der Waals surface area contributed by atoms with Gasteiger partial charge in [-0.2, -0.15) is 0 Å². The van der Waals surface area contributed by atoms with Crippen LogP contribution in [0, 0.1) is 0 Å². The van der Waals surface area contributed by atoms with Gasteiger partial charge in [-0.15, -0.1) is 0 Å². The lowest BCUT2D eigenvalue weighted by atomic mass is 10.3. The second-order valence-corrected chi connectivity index (χ2v) is 2.32. The second kappa shape index (κ2) is 2.75. The first-order valence-electron chi connectivity index (χ1n) is 3.19. The van der Waals surface area contributed by atoms with Gasteiger partial charge in [0.05, 0.1) is 12.3 Å². The molecule has 1 rings (SSSR count).